The lowest BCUT2D eigenvalue weighted by molar-refractivity contribution is -0.132. The van der Waals surface area contributed by atoms with Crippen LogP contribution in [0, 0.1) is 0 Å². The van der Waals surface area contributed by atoms with Crippen LogP contribution in [-0.2, 0) is 28.8 Å². The van der Waals surface area contributed by atoms with Crippen molar-refractivity contribution in [2.24, 2.45) is 0 Å². The van der Waals surface area contributed by atoms with E-state index in [2.05, 4.69) is 26.3 Å². The maximum absolute atomic E-state index is 12.5. The van der Waals surface area contributed by atoms with Crippen LogP contribution in [-0.4, -0.2) is 47.4 Å². The maximum Gasteiger partial charge on any atom is 0.338 e. The van der Waals surface area contributed by atoms with Crippen LogP contribution in [0.2, 0.25) is 0 Å². The number of hydrogen-bond donors (Lipinski definition) is 0. The Labute approximate surface area is 393 Å². The normalized spacial score (nSPS) is 10.7. The van der Waals surface area contributed by atoms with Crippen molar-refractivity contribution in [3.05, 3.63) is 192 Å². The largest absolute Gasteiger partial charge is 0.423 e. The van der Waals surface area contributed by atoms with Crippen molar-refractivity contribution < 1.29 is 66.8 Å². The first-order valence-electron chi connectivity index (χ1n) is 20.3. The van der Waals surface area contributed by atoms with E-state index in [1.807, 2.05) is 0 Å². The van der Waals surface area contributed by atoms with Crippen LogP contribution in [0.4, 0.5) is 0 Å². The Kier molecular flexibility index (Phi) is 20.4. The molecule has 0 atom stereocenters. The average molecular weight is 921 g/mol. The summed E-state index contributed by atoms with van der Waals surface area (Å²) in [5, 5.41) is 0. The van der Waals surface area contributed by atoms with E-state index in [0.29, 0.717) is 33.8 Å². The van der Waals surface area contributed by atoms with Crippen molar-refractivity contribution in [3.63, 3.8) is 0 Å². The molecule has 14 nitrogen and oxygen atoms in total. The lowest BCUT2D eigenvalue weighted by Crippen LogP contribution is -2.12. The summed E-state index contributed by atoms with van der Waals surface area (Å²) in [5.41, 5.74) is 2.58. The van der Waals surface area contributed by atoms with E-state index in [9.17, 15) is 38.4 Å². The van der Waals surface area contributed by atoms with Crippen molar-refractivity contribution >= 4 is 59.5 Å². The van der Waals surface area contributed by atoms with E-state index in [1.165, 1.54) is 143 Å². The van der Waals surface area contributed by atoms with Crippen molar-refractivity contribution in [1.29, 1.82) is 0 Å². The van der Waals surface area contributed by atoms with E-state index in [0.717, 1.165) is 0 Å². The predicted molar refractivity (Wildman–Crippen MR) is 255 cm³/mol. The van der Waals surface area contributed by atoms with Gasteiger partial charge in [-0.1, -0.05) is 62.8 Å². The van der Waals surface area contributed by atoms with E-state index < -0.39 is 35.8 Å². The monoisotopic (exact) mass is 920 g/mol. The van der Waals surface area contributed by atoms with E-state index in [4.69, 9.17) is 28.4 Å². The average Bonchev–Trinajstić information content (AvgIpc) is 3.29. The van der Waals surface area contributed by atoms with Gasteiger partial charge in [-0.15, -0.1) is 0 Å². The molecule has 4 aromatic carbocycles. The zero-order chi connectivity index (χ0) is 50.5. The van der Waals surface area contributed by atoms with Gasteiger partial charge in [-0.3, -0.25) is 9.59 Å². The molecule has 0 radical (unpaired) electrons. The molecule has 348 valence electrons. The standard InChI is InChI=1S/2C27H24O7/c1-6-7-25(29)33-24-16-19(9-15-23(24)34-27(31)18(4)5)8-14-22(28)20-10-12-21(13-11-20)32-26(30)17(2)3;1-6-7-25(29)32-21-12-10-20(11-13-21)22(28)14-8-19-9-15-23(33-26(30)17(2)3)24(16-19)34-27(31)18(4)5/h2*6-16H,2,4H2,1,3,5H3/b2*7-6+,14-8+. The van der Waals surface area contributed by atoms with Crippen molar-refractivity contribution in [2.45, 2.75) is 41.5 Å². The molecule has 0 N–H and O–H groups in total. The first-order chi connectivity index (χ1) is 32.2. The molecule has 0 spiro atoms. The van der Waals surface area contributed by atoms with Gasteiger partial charge in [0, 0.05) is 45.6 Å². The third-order valence-electron chi connectivity index (χ3n) is 8.31. The van der Waals surface area contributed by atoms with E-state index >= 15 is 0 Å². The molecule has 0 saturated carbocycles. The van der Waals surface area contributed by atoms with Gasteiger partial charge in [0.25, 0.3) is 0 Å². The van der Waals surface area contributed by atoms with Crippen LogP contribution in [0.3, 0.4) is 0 Å². The van der Waals surface area contributed by atoms with Gasteiger partial charge < -0.3 is 28.4 Å². The number of hydrogen-bond acceptors (Lipinski definition) is 14. The molecule has 0 aliphatic carbocycles. The number of ketones is 2. The SMILES string of the molecule is C=C(C)C(=O)Oc1ccc(/C=C/C(=O)c2ccc(OC(=O)/C=C/C)cc2)cc1OC(=O)C(=C)C.C=C(C)C(=O)Oc1ccc(C(=O)/C=C/c2ccc(OC(=O)C(=C)C)c(OC(=O)/C=C/C)c2)cc1. The summed E-state index contributed by atoms with van der Waals surface area (Å²) in [6.07, 6.45) is 11.3. The van der Waals surface area contributed by atoms with Crippen LogP contribution in [0.5, 0.6) is 34.5 Å². The highest BCUT2D eigenvalue weighted by Crippen LogP contribution is 2.32. The predicted octanol–water partition coefficient (Wildman–Crippen LogP) is 10.1. The van der Waals surface area contributed by atoms with E-state index in [-0.39, 0.29) is 56.9 Å². The Morgan fingerprint density at radius 2 is 0.706 bits per heavy atom. The molecule has 0 heterocycles. The molecule has 14 heteroatoms. The molecular formula is C54H48O14. The third kappa shape index (κ3) is 17.5. The summed E-state index contributed by atoms with van der Waals surface area (Å²) >= 11 is 0. The molecule has 4 aromatic rings. The first-order valence-corrected chi connectivity index (χ1v) is 20.3. The highest BCUT2D eigenvalue weighted by Gasteiger charge is 2.17. The summed E-state index contributed by atoms with van der Waals surface area (Å²) in [4.78, 5) is 95.7. The summed E-state index contributed by atoms with van der Waals surface area (Å²) in [5.74, 6) is -3.70. The zero-order valence-corrected chi connectivity index (χ0v) is 38.2. The third-order valence-corrected chi connectivity index (χ3v) is 8.31. The van der Waals surface area contributed by atoms with Crippen molar-refractivity contribution in [3.8, 4) is 34.5 Å². The Balaban J connectivity index is 0.000000360. The fourth-order valence-corrected chi connectivity index (χ4v) is 4.82. The van der Waals surface area contributed by atoms with Gasteiger partial charge in [-0.2, -0.15) is 0 Å². The minimum absolute atomic E-state index is 0.00973. The molecule has 0 aliphatic rings. The Bertz CT molecular complexity index is 2780. The number of rotatable bonds is 18. The Hall–Kier alpha value is -9.04. The van der Waals surface area contributed by atoms with Crippen LogP contribution in [0.15, 0.2) is 170 Å². The Morgan fingerprint density at radius 3 is 1.07 bits per heavy atom. The van der Waals surface area contributed by atoms with Crippen molar-refractivity contribution in [1.82, 2.24) is 0 Å². The number of benzene rings is 4. The summed E-state index contributed by atoms with van der Waals surface area (Å²) in [6.45, 7) is 23.4. The highest BCUT2D eigenvalue weighted by atomic mass is 16.6. The summed E-state index contributed by atoms with van der Waals surface area (Å²) in [7, 11) is 0. The van der Waals surface area contributed by atoms with Gasteiger partial charge in [0.1, 0.15) is 11.5 Å². The molecule has 0 unspecified atom stereocenters. The van der Waals surface area contributed by atoms with Crippen LogP contribution in [0.1, 0.15) is 73.4 Å². The van der Waals surface area contributed by atoms with Gasteiger partial charge >= 0.3 is 35.8 Å². The second kappa shape index (κ2) is 26.1. The van der Waals surface area contributed by atoms with Crippen LogP contribution >= 0.6 is 0 Å². The molecule has 0 saturated heterocycles. The van der Waals surface area contributed by atoms with Crippen molar-refractivity contribution in [2.75, 3.05) is 0 Å². The second-order valence-corrected chi connectivity index (χ2v) is 14.4. The summed E-state index contributed by atoms with van der Waals surface area (Å²) < 4.78 is 31.2. The minimum atomic E-state index is -0.694. The van der Waals surface area contributed by atoms with Crippen LogP contribution < -0.4 is 28.4 Å². The number of esters is 6. The molecule has 0 aliphatic heterocycles. The molecule has 0 amide bonds. The molecule has 0 fully saturated rings. The van der Waals surface area contributed by atoms with Gasteiger partial charge in [0.15, 0.2) is 34.6 Å². The fraction of sp³-hybridized carbons (Fsp3) is 0.111. The quantitative estimate of drug-likeness (QED) is 0.0396. The number of ether oxygens (including phenoxy) is 6. The number of carbonyl (C=O) groups excluding carboxylic acids is 8. The Morgan fingerprint density at radius 1 is 0.382 bits per heavy atom. The zero-order valence-electron chi connectivity index (χ0n) is 38.2. The number of allylic oxidation sites excluding steroid dienone is 4. The van der Waals surface area contributed by atoms with Gasteiger partial charge in [-0.25, -0.2) is 28.8 Å². The van der Waals surface area contributed by atoms with Gasteiger partial charge in [0.05, 0.1) is 0 Å². The number of carbonyl (C=O) groups is 8. The topological polar surface area (TPSA) is 192 Å². The molecular weight excluding hydrogens is 873 g/mol. The van der Waals surface area contributed by atoms with Gasteiger partial charge in [0.2, 0.25) is 0 Å². The first kappa shape index (κ1) is 53.3. The minimum Gasteiger partial charge on any atom is -0.423 e. The smallest absolute Gasteiger partial charge is 0.338 e. The highest BCUT2D eigenvalue weighted by molar-refractivity contribution is 6.07. The van der Waals surface area contributed by atoms with E-state index in [1.54, 1.807) is 32.1 Å². The molecule has 0 bridgehead atoms. The lowest BCUT2D eigenvalue weighted by Gasteiger charge is -2.11. The molecule has 0 aromatic heterocycles. The lowest BCUT2D eigenvalue weighted by atomic mass is 10.1. The summed E-state index contributed by atoms with van der Waals surface area (Å²) in [6, 6.07) is 21.2. The molecule has 4 rings (SSSR count). The second-order valence-electron chi connectivity index (χ2n) is 14.4. The fourth-order valence-electron chi connectivity index (χ4n) is 4.82. The van der Waals surface area contributed by atoms with Gasteiger partial charge in [-0.05, 0) is 138 Å². The maximum atomic E-state index is 12.5. The van der Waals surface area contributed by atoms with Crippen LogP contribution in [0.25, 0.3) is 12.2 Å². The molecule has 68 heavy (non-hydrogen) atoms.